The van der Waals surface area contributed by atoms with Crippen molar-refractivity contribution in [3.05, 3.63) is 33.8 Å². The molecule has 2 N–H and O–H groups in total. The Morgan fingerprint density at radius 2 is 2.00 bits per heavy atom. The van der Waals surface area contributed by atoms with Gasteiger partial charge in [0.15, 0.2) is 0 Å². The van der Waals surface area contributed by atoms with Crippen LogP contribution in [0.5, 0.6) is 0 Å². The van der Waals surface area contributed by atoms with Gasteiger partial charge in [0.05, 0.1) is 0 Å². The van der Waals surface area contributed by atoms with Crippen molar-refractivity contribution in [3.63, 3.8) is 0 Å². The van der Waals surface area contributed by atoms with Gasteiger partial charge in [-0.15, -0.1) is 0 Å². The highest BCUT2D eigenvalue weighted by Crippen LogP contribution is 2.25. The second-order valence-electron chi connectivity index (χ2n) is 3.45. The van der Waals surface area contributed by atoms with Gasteiger partial charge in [-0.3, -0.25) is 0 Å². The fourth-order valence-corrected chi connectivity index (χ4v) is 1.62. The van der Waals surface area contributed by atoms with Gasteiger partial charge in [-0.1, -0.05) is 33.6 Å². The van der Waals surface area contributed by atoms with Crippen molar-refractivity contribution in [2.75, 3.05) is 0 Å². The molecule has 1 unspecified atom stereocenters. The zero-order valence-corrected chi connectivity index (χ0v) is 9.69. The highest BCUT2D eigenvalue weighted by atomic mass is 79.9. The van der Waals surface area contributed by atoms with Gasteiger partial charge in [0.1, 0.15) is 6.04 Å². The van der Waals surface area contributed by atoms with Crippen LogP contribution in [-0.4, -0.2) is 12.2 Å². The number of aryl methyl sites for hydroxylation is 1. The van der Waals surface area contributed by atoms with Crippen molar-refractivity contribution in [3.8, 4) is 0 Å². The molecule has 0 radical (unpaired) electrons. The Labute approximate surface area is 94.6 Å². The lowest BCUT2D eigenvalue weighted by Gasteiger charge is -2.16. The third-order valence-electron chi connectivity index (χ3n) is 2.06. The van der Waals surface area contributed by atoms with Gasteiger partial charge in [-0.2, -0.15) is 13.2 Å². The maximum absolute atomic E-state index is 12.2. The van der Waals surface area contributed by atoms with E-state index in [1.807, 2.05) is 13.0 Å². The molecule has 15 heavy (non-hydrogen) atoms. The molecule has 1 aromatic rings. The number of nitrogens with two attached hydrogens (primary N) is 1. The molecule has 1 nitrogen and oxygen atoms in total. The van der Waals surface area contributed by atoms with Crippen LogP contribution in [0.3, 0.4) is 0 Å². The molecule has 0 fully saturated rings. The summed E-state index contributed by atoms with van der Waals surface area (Å²) >= 11 is 3.20. The summed E-state index contributed by atoms with van der Waals surface area (Å²) in [7, 11) is 0. The quantitative estimate of drug-likeness (QED) is 0.885. The number of rotatable bonds is 2. The van der Waals surface area contributed by atoms with Crippen molar-refractivity contribution < 1.29 is 13.2 Å². The first-order valence-corrected chi connectivity index (χ1v) is 5.17. The summed E-state index contributed by atoms with van der Waals surface area (Å²) in [6.07, 6.45) is -4.55. The number of halogens is 4. The second kappa shape index (κ2) is 4.53. The Bertz CT molecular complexity index is 349. The lowest BCUT2D eigenvalue weighted by Crippen LogP contribution is -2.39. The summed E-state index contributed by atoms with van der Waals surface area (Å²) in [5, 5.41) is 0. The number of benzene rings is 1. The molecule has 0 aliphatic carbocycles. The summed E-state index contributed by atoms with van der Waals surface area (Å²) in [6.45, 7) is 1.83. The van der Waals surface area contributed by atoms with Crippen LogP contribution < -0.4 is 5.73 Å². The Kier molecular flexibility index (Phi) is 3.78. The van der Waals surface area contributed by atoms with E-state index in [4.69, 9.17) is 5.73 Å². The van der Waals surface area contributed by atoms with Crippen molar-refractivity contribution in [2.45, 2.75) is 25.6 Å². The van der Waals surface area contributed by atoms with Crippen LogP contribution >= 0.6 is 15.9 Å². The molecule has 0 saturated heterocycles. The highest BCUT2D eigenvalue weighted by Gasteiger charge is 2.36. The summed E-state index contributed by atoms with van der Waals surface area (Å²) in [6, 6.07) is 3.45. The first kappa shape index (κ1) is 12.5. The normalized spacial score (nSPS) is 14.0. The zero-order valence-electron chi connectivity index (χ0n) is 8.11. The molecule has 0 saturated carbocycles. The Hall–Kier alpha value is -0.550. The molecule has 0 aliphatic rings. The molecule has 84 valence electrons. The van der Waals surface area contributed by atoms with Crippen LogP contribution in [0.15, 0.2) is 22.7 Å². The van der Waals surface area contributed by atoms with Crippen molar-refractivity contribution in [1.82, 2.24) is 0 Å². The molecule has 0 aromatic heterocycles. The molecular weight excluding hydrogens is 271 g/mol. The SMILES string of the molecule is Cc1ccc(Br)c(CC(N)C(F)(F)F)c1. The van der Waals surface area contributed by atoms with E-state index in [9.17, 15) is 13.2 Å². The minimum atomic E-state index is -4.34. The van der Waals surface area contributed by atoms with Crippen LogP contribution in [0.4, 0.5) is 13.2 Å². The molecule has 1 atom stereocenters. The lowest BCUT2D eigenvalue weighted by molar-refractivity contribution is -0.147. The molecule has 0 spiro atoms. The van der Waals surface area contributed by atoms with Crippen molar-refractivity contribution in [2.24, 2.45) is 5.73 Å². The van der Waals surface area contributed by atoms with E-state index in [2.05, 4.69) is 15.9 Å². The topological polar surface area (TPSA) is 26.0 Å². The van der Waals surface area contributed by atoms with Gasteiger partial charge in [0.25, 0.3) is 0 Å². The smallest absolute Gasteiger partial charge is 0.320 e. The first-order chi connectivity index (χ1) is 6.80. The second-order valence-corrected chi connectivity index (χ2v) is 4.30. The zero-order chi connectivity index (χ0) is 11.6. The summed E-state index contributed by atoms with van der Waals surface area (Å²) in [5.41, 5.74) is 6.56. The number of hydrogen-bond acceptors (Lipinski definition) is 1. The molecule has 0 bridgehead atoms. The summed E-state index contributed by atoms with van der Waals surface area (Å²) in [5.74, 6) is 0. The fraction of sp³-hybridized carbons (Fsp3) is 0.400. The van der Waals surface area contributed by atoms with E-state index in [-0.39, 0.29) is 6.42 Å². The van der Waals surface area contributed by atoms with E-state index in [0.29, 0.717) is 10.0 Å². The Balaban J connectivity index is 2.85. The molecule has 0 aliphatic heterocycles. The molecule has 0 amide bonds. The third-order valence-corrected chi connectivity index (χ3v) is 2.84. The van der Waals surface area contributed by atoms with Crippen LogP contribution in [0.1, 0.15) is 11.1 Å². The highest BCUT2D eigenvalue weighted by molar-refractivity contribution is 9.10. The third kappa shape index (κ3) is 3.50. The van der Waals surface area contributed by atoms with Crippen LogP contribution in [0, 0.1) is 6.92 Å². The Morgan fingerprint density at radius 3 is 2.53 bits per heavy atom. The monoisotopic (exact) mass is 281 g/mol. The minimum absolute atomic E-state index is 0.203. The summed E-state index contributed by atoms with van der Waals surface area (Å²) in [4.78, 5) is 0. The van der Waals surface area contributed by atoms with Gasteiger partial charge in [-0.05, 0) is 25.0 Å². The molecule has 1 aromatic carbocycles. The summed E-state index contributed by atoms with van der Waals surface area (Å²) < 4.78 is 37.3. The predicted molar refractivity (Wildman–Crippen MR) is 56.6 cm³/mol. The van der Waals surface area contributed by atoms with E-state index in [0.717, 1.165) is 5.56 Å². The van der Waals surface area contributed by atoms with Gasteiger partial charge in [-0.25, -0.2) is 0 Å². The maximum atomic E-state index is 12.2. The van der Waals surface area contributed by atoms with Crippen LogP contribution in [0.2, 0.25) is 0 Å². The Morgan fingerprint density at radius 1 is 1.40 bits per heavy atom. The van der Waals surface area contributed by atoms with Gasteiger partial charge >= 0.3 is 6.18 Å². The predicted octanol–water partition coefficient (Wildman–Crippen LogP) is 3.19. The average Bonchev–Trinajstić information content (AvgIpc) is 2.09. The number of alkyl halides is 3. The molecular formula is C10H11BrF3N. The van der Waals surface area contributed by atoms with Crippen molar-refractivity contribution in [1.29, 1.82) is 0 Å². The minimum Gasteiger partial charge on any atom is -0.320 e. The largest absolute Gasteiger partial charge is 0.403 e. The van der Waals surface area contributed by atoms with Gasteiger partial charge in [0, 0.05) is 4.47 Å². The van der Waals surface area contributed by atoms with E-state index < -0.39 is 12.2 Å². The van der Waals surface area contributed by atoms with Gasteiger partial charge < -0.3 is 5.73 Å². The standard InChI is InChI=1S/C10H11BrF3N/c1-6-2-3-8(11)7(4-6)5-9(15)10(12,13)14/h2-4,9H,5,15H2,1H3. The number of hydrogen-bond donors (Lipinski definition) is 1. The molecule has 1 rings (SSSR count). The molecule has 0 heterocycles. The van der Waals surface area contributed by atoms with E-state index >= 15 is 0 Å². The van der Waals surface area contributed by atoms with Crippen LogP contribution in [-0.2, 0) is 6.42 Å². The van der Waals surface area contributed by atoms with Crippen LogP contribution in [0.25, 0.3) is 0 Å². The maximum Gasteiger partial charge on any atom is 0.403 e. The van der Waals surface area contributed by atoms with Crippen molar-refractivity contribution >= 4 is 15.9 Å². The van der Waals surface area contributed by atoms with Gasteiger partial charge in [0.2, 0.25) is 0 Å². The lowest BCUT2D eigenvalue weighted by atomic mass is 10.0. The fourth-order valence-electron chi connectivity index (χ4n) is 1.21. The first-order valence-electron chi connectivity index (χ1n) is 4.38. The average molecular weight is 282 g/mol. The molecule has 5 heteroatoms. The van der Waals surface area contributed by atoms with E-state index in [1.165, 1.54) is 0 Å². The van der Waals surface area contributed by atoms with E-state index in [1.54, 1.807) is 12.1 Å².